The molecule has 0 unspecified atom stereocenters. The zero-order valence-corrected chi connectivity index (χ0v) is 15.9. The first-order chi connectivity index (χ1) is 11.9. The number of hydrogen-bond donors (Lipinski definition) is 1. The molecule has 1 heterocycles. The van der Waals surface area contributed by atoms with E-state index in [-0.39, 0.29) is 17.3 Å². The van der Waals surface area contributed by atoms with Gasteiger partial charge in [0.25, 0.3) is 0 Å². The molecular formula is C18H19BrFNO3S. The number of rotatable bonds is 5. The molecule has 7 heteroatoms. The lowest BCUT2D eigenvalue weighted by Gasteiger charge is -2.37. The molecule has 1 aliphatic rings. The first-order valence-corrected chi connectivity index (χ1v) is 10.3. The maximum absolute atomic E-state index is 13.3. The summed E-state index contributed by atoms with van der Waals surface area (Å²) >= 11 is 3.30. The van der Waals surface area contributed by atoms with Crippen LogP contribution in [0.1, 0.15) is 18.4 Å². The SMILES string of the molecule is O=S(=O)(NCC1(c2ccc(F)cc2)CCOCC1)c1ccc(Br)cc1. The highest BCUT2D eigenvalue weighted by atomic mass is 79.9. The third kappa shape index (κ3) is 4.28. The third-order valence-electron chi connectivity index (χ3n) is 4.63. The van der Waals surface area contributed by atoms with Crippen molar-refractivity contribution in [1.82, 2.24) is 4.72 Å². The summed E-state index contributed by atoms with van der Waals surface area (Å²) in [4.78, 5) is 0.219. The number of nitrogens with one attached hydrogen (secondary N) is 1. The molecule has 25 heavy (non-hydrogen) atoms. The minimum atomic E-state index is -3.62. The average Bonchev–Trinajstić information content (AvgIpc) is 2.62. The molecule has 0 bridgehead atoms. The molecule has 0 radical (unpaired) electrons. The van der Waals surface area contributed by atoms with Crippen LogP contribution in [0, 0.1) is 5.82 Å². The number of halogens is 2. The van der Waals surface area contributed by atoms with E-state index in [1.165, 1.54) is 12.1 Å². The lowest BCUT2D eigenvalue weighted by molar-refractivity contribution is 0.0517. The predicted octanol–water partition coefficient (Wildman–Crippen LogP) is 3.61. The second kappa shape index (κ2) is 7.53. The summed E-state index contributed by atoms with van der Waals surface area (Å²) in [6.07, 6.45) is 1.36. The van der Waals surface area contributed by atoms with Gasteiger partial charge in [-0.1, -0.05) is 28.1 Å². The number of sulfonamides is 1. The normalized spacial score (nSPS) is 17.4. The first-order valence-electron chi connectivity index (χ1n) is 8.00. The van der Waals surface area contributed by atoms with Crippen molar-refractivity contribution in [2.24, 2.45) is 0 Å². The summed E-state index contributed by atoms with van der Waals surface area (Å²) in [5.74, 6) is -0.304. The van der Waals surface area contributed by atoms with Gasteiger partial charge < -0.3 is 4.74 Å². The van der Waals surface area contributed by atoms with Crippen LogP contribution in [0.15, 0.2) is 57.9 Å². The van der Waals surface area contributed by atoms with E-state index in [0.717, 1.165) is 10.0 Å². The molecule has 1 saturated heterocycles. The van der Waals surface area contributed by atoms with Crippen LogP contribution >= 0.6 is 15.9 Å². The standard InChI is InChI=1S/C18H19BrFNO3S/c19-15-3-7-17(8-4-15)25(22,23)21-13-18(9-11-24-12-10-18)14-1-5-16(20)6-2-14/h1-8,21H,9-13H2. The van der Waals surface area contributed by atoms with Gasteiger partial charge in [-0.15, -0.1) is 0 Å². The van der Waals surface area contributed by atoms with Crippen molar-refractivity contribution in [1.29, 1.82) is 0 Å². The van der Waals surface area contributed by atoms with Crippen molar-refractivity contribution in [3.05, 3.63) is 64.4 Å². The quantitative estimate of drug-likeness (QED) is 0.792. The van der Waals surface area contributed by atoms with Crippen molar-refractivity contribution in [3.8, 4) is 0 Å². The van der Waals surface area contributed by atoms with E-state index in [0.29, 0.717) is 26.1 Å². The van der Waals surface area contributed by atoms with Gasteiger partial charge in [-0.3, -0.25) is 0 Å². The summed E-state index contributed by atoms with van der Waals surface area (Å²) in [6.45, 7) is 1.36. The number of ether oxygens (including phenoxy) is 1. The minimum Gasteiger partial charge on any atom is -0.381 e. The topological polar surface area (TPSA) is 55.4 Å². The van der Waals surface area contributed by atoms with Crippen LogP contribution in [-0.4, -0.2) is 28.2 Å². The van der Waals surface area contributed by atoms with Gasteiger partial charge in [-0.05, 0) is 54.8 Å². The summed E-state index contributed by atoms with van der Waals surface area (Å²) in [5, 5.41) is 0. The number of hydrogen-bond acceptors (Lipinski definition) is 3. The lowest BCUT2D eigenvalue weighted by atomic mass is 9.74. The summed E-state index contributed by atoms with van der Waals surface area (Å²) in [5.41, 5.74) is 0.532. The largest absolute Gasteiger partial charge is 0.381 e. The Labute approximate surface area is 155 Å². The van der Waals surface area contributed by atoms with Crippen molar-refractivity contribution >= 4 is 26.0 Å². The van der Waals surface area contributed by atoms with Gasteiger partial charge in [0.2, 0.25) is 10.0 Å². The number of benzene rings is 2. The summed E-state index contributed by atoms with van der Waals surface area (Å²) in [6, 6.07) is 12.8. The van der Waals surface area contributed by atoms with E-state index in [1.54, 1.807) is 36.4 Å². The van der Waals surface area contributed by atoms with Crippen molar-refractivity contribution in [2.45, 2.75) is 23.2 Å². The molecule has 0 aromatic heterocycles. The van der Waals surface area contributed by atoms with E-state index in [2.05, 4.69) is 20.7 Å². The van der Waals surface area contributed by atoms with E-state index in [1.807, 2.05) is 0 Å². The van der Waals surface area contributed by atoms with Crippen LogP contribution < -0.4 is 4.72 Å². The van der Waals surface area contributed by atoms with Gasteiger partial charge >= 0.3 is 0 Å². The van der Waals surface area contributed by atoms with Gasteiger partial charge in [0, 0.05) is 29.6 Å². The fourth-order valence-electron chi connectivity index (χ4n) is 3.06. The monoisotopic (exact) mass is 427 g/mol. The summed E-state index contributed by atoms with van der Waals surface area (Å²) < 4.78 is 47.4. The Hall–Kier alpha value is -1.28. The minimum absolute atomic E-state index is 0.219. The molecule has 4 nitrogen and oxygen atoms in total. The molecule has 0 spiro atoms. The first kappa shape index (κ1) is 18.5. The van der Waals surface area contributed by atoms with Crippen LogP contribution in [0.5, 0.6) is 0 Å². The molecule has 0 saturated carbocycles. The highest BCUT2D eigenvalue weighted by molar-refractivity contribution is 9.10. The predicted molar refractivity (Wildman–Crippen MR) is 97.5 cm³/mol. The van der Waals surface area contributed by atoms with E-state index in [9.17, 15) is 12.8 Å². The molecule has 134 valence electrons. The van der Waals surface area contributed by atoms with Gasteiger partial charge in [-0.2, -0.15) is 0 Å². The van der Waals surface area contributed by atoms with Crippen LogP contribution in [0.3, 0.4) is 0 Å². The van der Waals surface area contributed by atoms with Gasteiger partial charge in [-0.25, -0.2) is 17.5 Å². The molecule has 0 amide bonds. The average molecular weight is 428 g/mol. The maximum Gasteiger partial charge on any atom is 0.240 e. The van der Waals surface area contributed by atoms with Gasteiger partial charge in [0.1, 0.15) is 5.82 Å². The van der Waals surface area contributed by atoms with Crippen LogP contribution in [0.4, 0.5) is 4.39 Å². The van der Waals surface area contributed by atoms with Crippen molar-refractivity contribution in [2.75, 3.05) is 19.8 Å². The summed E-state index contributed by atoms with van der Waals surface area (Å²) in [7, 11) is -3.62. The fraction of sp³-hybridized carbons (Fsp3) is 0.333. The van der Waals surface area contributed by atoms with Crippen molar-refractivity contribution < 1.29 is 17.5 Å². The molecule has 0 aliphatic carbocycles. The molecule has 1 N–H and O–H groups in total. The Bertz CT molecular complexity index is 816. The fourth-order valence-corrected chi connectivity index (χ4v) is 4.46. The molecule has 2 aromatic carbocycles. The van der Waals surface area contributed by atoms with Crippen LogP contribution in [0.25, 0.3) is 0 Å². The highest BCUT2D eigenvalue weighted by Gasteiger charge is 2.35. The van der Waals surface area contributed by atoms with E-state index >= 15 is 0 Å². The third-order valence-corrected chi connectivity index (χ3v) is 6.58. The molecule has 0 atom stereocenters. The molecule has 1 fully saturated rings. The van der Waals surface area contributed by atoms with Gasteiger partial charge in [0.15, 0.2) is 0 Å². The van der Waals surface area contributed by atoms with E-state index in [4.69, 9.17) is 4.74 Å². The lowest BCUT2D eigenvalue weighted by Crippen LogP contribution is -2.44. The zero-order valence-electron chi connectivity index (χ0n) is 13.5. The maximum atomic E-state index is 13.3. The Morgan fingerprint density at radius 2 is 1.64 bits per heavy atom. The zero-order chi connectivity index (χ0) is 17.9. The molecule has 1 aliphatic heterocycles. The second-order valence-corrected chi connectivity index (χ2v) is 8.86. The Kier molecular flexibility index (Phi) is 5.58. The van der Waals surface area contributed by atoms with Crippen molar-refractivity contribution in [3.63, 3.8) is 0 Å². The molecule has 2 aromatic rings. The second-order valence-electron chi connectivity index (χ2n) is 6.18. The Morgan fingerprint density at radius 3 is 2.24 bits per heavy atom. The Balaban J connectivity index is 1.83. The molecular weight excluding hydrogens is 409 g/mol. The Morgan fingerprint density at radius 1 is 1.04 bits per heavy atom. The van der Waals surface area contributed by atoms with E-state index < -0.39 is 15.4 Å². The van der Waals surface area contributed by atoms with Gasteiger partial charge in [0.05, 0.1) is 4.90 Å². The van der Waals surface area contributed by atoms with Crippen LogP contribution in [-0.2, 0) is 20.2 Å². The highest BCUT2D eigenvalue weighted by Crippen LogP contribution is 2.34. The smallest absolute Gasteiger partial charge is 0.240 e. The van der Waals surface area contributed by atoms with Crippen LogP contribution in [0.2, 0.25) is 0 Å². The molecule has 3 rings (SSSR count).